The van der Waals surface area contributed by atoms with Crippen molar-refractivity contribution in [3.05, 3.63) is 23.8 Å². The standard InChI is InChI=1S/C13H16N2O3/c1-15-7-11(8-15)18-13-10(6-14-9-16)4-3-5-12(13)17-2/h3-5,11H,6-8H2,1-2H3. The minimum atomic E-state index is 0.172. The van der Waals surface area contributed by atoms with Crippen molar-refractivity contribution >= 4 is 6.08 Å². The third-order valence-electron chi connectivity index (χ3n) is 2.91. The number of likely N-dealkylation sites (tertiary alicyclic amines) is 1. The summed E-state index contributed by atoms with van der Waals surface area (Å²) in [6.07, 6.45) is 1.71. The van der Waals surface area contributed by atoms with Crippen LogP contribution in [0.2, 0.25) is 0 Å². The van der Waals surface area contributed by atoms with E-state index in [1.54, 1.807) is 7.11 Å². The number of nitrogens with zero attached hydrogens (tertiary/aromatic N) is 2. The van der Waals surface area contributed by atoms with Gasteiger partial charge >= 0.3 is 0 Å². The molecule has 5 heteroatoms. The van der Waals surface area contributed by atoms with Crippen LogP contribution in [-0.4, -0.2) is 44.3 Å². The van der Waals surface area contributed by atoms with Crippen LogP contribution in [0.25, 0.3) is 0 Å². The Morgan fingerprint density at radius 1 is 1.50 bits per heavy atom. The summed E-state index contributed by atoms with van der Waals surface area (Å²) in [5, 5.41) is 0. The van der Waals surface area contributed by atoms with Crippen molar-refractivity contribution in [3.8, 4) is 11.5 Å². The number of hydrogen-bond donors (Lipinski definition) is 0. The summed E-state index contributed by atoms with van der Waals surface area (Å²) in [5.41, 5.74) is 0.840. The highest BCUT2D eigenvalue weighted by molar-refractivity contribution is 5.47. The molecule has 0 saturated carbocycles. The summed E-state index contributed by atoms with van der Waals surface area (Å²) in [4.78, 5) is 16.0. The van der Waals surface area contributed by atoms with Crippen molar-refractivity contribution in [1.29, 1.82) is 0 Å². The minimum absolute atomic E-state index is 0.172. The molecule has 0 bridgehead atoms. The van der Waals surface area contributed by atoms with Crippen LogP contribution in [0.15, 0.2) is 23.2 Å². The van der Waals surface area contributed by atoms with Crippen LogP contribution in [0.1, 0.15) is 5.56 Å². The van der Waals surface area contributed by atoms with Gasteiger partial charge in [0.1, 0.15) is 6.10 Å². The van der Waals surface area contributed by atoms with Crippen LogP contribution in [0.4, 0.5) is 0 Å². The van der Waals surface area contributed by atoms with Crippen molar-refractivity contribution in [2.45, 2.75) is 12.6 Å². The molecule has 0 unspecified atom stereocenters. The van der Waals surface area contributed by atoms with Gasteiger partial charge in [0.2, 0.25) is 6.08 Å². The molecule has 1 aromatic rings. The van der Waals surface area contributed by atoms with Gasteiger partial charge in [0.05, 0.1) is 13.7 Å². The van der Waals surface area contributed by atoms with E-state index >= 15 is 0 Å². The first-order valence-electron chi connectivity index (χ1n) is 5.79. The Bertz CT molecular complexity index is 463. The van der Waals surface area contributed by atoms with Crippen LogP contribution >= 0.6 is 0 Å². The van der Waals surface area contributed by atoms with Crippen LogP contribution in [0.3, 0.4) is 0 Å². The summed E-state index contributed by atoms with van der Waals surface area (Å²) in [7, 11) is 3.64. The molecule has 0 atom stereocenters. The van der Waals surface area contributed by atoms with Gasteiger partial charge in [0, 0.05) is 18.7 Å². The largest absolute Gasteiger partial charge is 0.493 e. The minimum Gasteiger partial charge on any atom is -0.493 e. The third kappa shape index (κ3) is 2.70. The van der Waals surface area contributed by atoms with Crippen LogP contribution < -0.4 is 9.47 Å². The molecule has 96 valence electrons. The van der Waals surface area contributed by atoms with Crippen LogP contribution in [0.5, 0.6) is 11.5 Å². The zero-order valence-electron chi connectivity index (χ0n) is 10.5. The van der Waals surface area contributed by atoms with Gasteiger partial charge in [0.25, 0.3) is 0 Å². The lowest BCUT2D eigenvalue weighted by molar-refractivity contribution is 0.0363. The molecule has 1 aliphatic heterocycles. The third-order valence-corrected chi connectivity index (χ3v) is 2.91. The molecule has 0 aliphatic carbocycles. The number of hydrogen-bond acceptors (Lipinski definition) is 5. The van der Waals surface area contributed by atoms with Crippen molar-refractivity contribution in [2.75, 3.05) is 27.2 Å². The zero-order valence-corrected chi connectivity index (χ0v) is 10.5. The van der Waals surface area contributed by atoms with Gasteiger partial charge in [-0.3, -0.25) is 4.90 Å². The molecule has 0 amide bonds. The highest BCUT2D eigenvalue weighted by Crippen LogP contribution is 2.33. The lowest BCUT2D eigenvalue weighted by Crippen LogP contribution is -2.51. The molecule has 1 aliphatic rings. The zero-order chi connectivity index (χ0) is 13.0. The van der Waals surface area contributed by atoms with Gasteiger partial charge in [0.15, 0.2) is 11.5 Å². The van der Waals surface area contributed by atoms with Crippen LogP contribution in [0, 0.1) is 0 Å². The molecule has 5 nitrogen and oxygen atoms in total. The molecule has 2 rings (SSSR count). The summed E-state index contributed by atoms with van der Waals surface area (Å²) < 4.78 is 11.2. The maximum Gasteiger partial charge on any atom is 0.235 e. The Hall–Kier alpha value is -1.84. The summed E-state index contributed by atoms with van der Waals surface area (Å²) in [6, 6.07) is 5.57. The fourth-order valence-electron chi connectivity index (χ4n) is 1.98. The van der Waals surface area contributed by atoms with E-state index in [-0.39, 0.29) is 12.6 Å². The summed E-state index contributed by atoms with van der Waals surface area (Å²) in [6.45, 7) is 2.06. The average molecular weight is 248 g/mol. The predicted molar refractivity (Wildman–Crippen MR) is 66.7 cm³/mol. The quantitative estimate of drug-likeness (QED) is 0.581. The fraction of sp³-hybridized carbons (Fsp3) is 0.462. The normalized spacial score (nSPS) is 15.7. The first-order chi connectivity index (χ1) is 8.74. The number of carbonyl (C=O) groups excluding carboxylic acids is 1. The Morgan fingerprint density at radius 2 is 2.28 bits per heavy atom. The molecule has 0 radical (unpaired) electrons. The maximum absolute atomic E-state index is 10.2. The van der Waals surface area contributed by atoms with Gasteiger partial charge in [-0.25, -0.2) is 9.79 Å². The summed E-state index contributed by atoms with van der Waals surface area (Å²) in [5.74, 6) is 1.35. The Labute approximate surface area is 106 Å². The van der Waals surface area contributed by atoms with E-state index in [0.717, 1.165) is 18.7 Å². The highest BCUT2D eigenvalue weighted by atomic mass is 16.5. The first kappa shape index (κ1) is 12.6. The monoisotopic (exact) mass is 248 g/mol. The van der Waals surface area contributed by atoms with E-state index in [2.05, 4.69) is 9.89 Å². The number of benzene rings is 1. The first-order valence-corrected chi connectivity index (χ1v) is 5.79. The molecule has 1 saturated heterocycles. The predicted octanol–water partition coefficient (Wildman–Crippen LogP) is 1.22. The Balaban J connectivity index is 2.20. The molecular weight excluding hydrogens is 232 g/mol. The van der Waals surface area contributed by atoms with E-state index in [9.17, 15) is 4.79 Å². The lowest BCUT2D eigenvalue weighted by atomic mass is 10.1. The molecule has 1 aromatic carbocycles. The molecule has 1 heterocycles. The number of likely N-dealkylation sites (N-methyl/N-ethyl adjacent to an activating group) is 1. The average Bonchev–Trinajstić information content (AvgIpc) is 2.35. The molecule has 1 fully saturated rings. The fourth-order valence-corrected chi connectivity index (χ4v) is 1.98. The van der Waals surface area contributed by atoms with E-state index in [1.807, 2.05) is 25.2 Å². The highest BCUT2D eigenvalue weighted by Gasteiger charge is 2.26. The van der Waals surface area contributed by atoms with Gasteiger partial charge in [-0.15, -0.1) is 0 Å². The van der Waals surface area contributed by atoms with E-state index in [4.69, 9.17) is 9.47 Å². The van der Waals surface area contributed by atoms with Crippen LogP contribution in [-0.2, 0) is 11.3 Å². The topological polar surface area (TPSA) is 51.1 Å². The second-order valence-corrected chi connectivity index (χ2v) is 4.32. The van der Waals surface area contributed by atoms with E-state index in [1.165, 1.54) is 6.08 Å². The van der Waals surface area contributed by atoms with Gasteiger partial charge in [-0.05, 0) is 13.1 Å². The second-order valence-electron chi connectivity index (χ2n) is 4.32. The molecular formula is C13H16N2O3. The van der Waals surface area contributed by atoms with Crippen molar-refractivity contribution in [2.24, 2.45) is 4.99 Å². The van der Waals surface area contributed by atoms with Gasteiger partial charge in [-0.1, -0.05) is 12.1 Å². The van der Waals surface area contributed by atoms with Crippen molar-refractivity contribution in [1.82, 2.24) is 4.90 Å². The van der Waals surface area contributed by atoms with Crippen molar-refractivity contribution < 1.29 is 14.3 Å². The number of aliphatic imine (C=N–C) groups is 1. The van der Waals surface area contributed by atoms with Crippen molar-refractivity contribution in [3.63, 3.8) is 0 Å². The van der Waals surface area contributed by atoms with E-state index in [0.29, 0.717) is 11.5 Å². The SMILES string of the molecule is COc1cccc(CN=C=O)c1OC1CN(C)C1. The van der Waals surface area contributed by atoms with Gasteiger partial charge < -0.3 is 9.47 Å². The molecule has 0 N–H and O–H groups in total. The number of isocyanates is 1. The summed E-state index contributed by atoms with van der Waals surface area (Å²) >= 11 is 0. The number of rotatable bonds is 5. The molecule has 0 aromatic heterocycles. The Kier molecular flexibility index (Phi) is 3.97. The smallest absolute Gasteiger partial charge is 0.235 e. The number of methoxy groups -OCH3 is 1. The molecule has 18 heavy (non-hydrogen) atoms. The Morgan fingerprint density at radius 3 is 2.89 bits per heavy atom. The lowest BCUT2D eigenvalue weighted by Gasteiger charge is -2.36. The van der Waals surface area contributed by atoms with Gasteiger partial charge in [-0.2, -0.15) is 0 Å². The maximum atomic E-state index is 10.2. The number of ether oxygens (including phenoxy) is 2. The molecule has 0 spiro atoms. The number of para-hydroxylation sites is 1. The van der Waals surface area contributed by atoms with E-state index < -0.39 is 0 Å². The second kappa shape index (κ2) is 5.67.